The van der Waals surface area contributed by atoms with Crippen LogP contribution in [0.4, 0.5) is 11.5 Å². The van der Waals surface area contributed by atoms with Crippen molar-refractivity contribution in [2.75, 3.05) is 17.1 Å². The molecule has 0 aliphatic heterocycles. The molecule has 0 saturated carbocycles. The highest BCUT2D eigenvalue weighted by Crippen LogP contribution is 2.21. The molecule has 136 valence electrons. The predicted octanol–water partition coefficient (Wildman–Crippen LogP) is 3.01. The Bertz CT molecular complexity index is 993. The lowest BCUT2D eigenvalue weighted by Gasteiger charge is -2.09. The second-order valence-corrected chi connectivity index (χ2v) is 8.39. The van der Waals surface area contributed by atoms with Crippen LogP contribution in [0.3, 0.4) is 0 Å². The zero-order valence-electron chi connectivity index (χ0n) is 13.5. The number of methoxy groups -OCH3 is 1. The number of rotatable bonds is 7. The largest absolute Gasteiger partial charge is 0.481 e. The van der Waals surface area contributed by atoms with E-state index in [9.17, 15) is 8.42 Å². The first kappa shape index (κ1) is 18.4. The summed E-state index contributed by atoms with van der Waals surface area (Å²) in [6.07, 6.45) is 2.91. The van der Waals surface area contributed by atoms with Crippen LogP contribution in [-0.4, -0.2) is 30.5 Å². The number of ether oxygens (including phenoxy) is 1. The minimum absolute atomic E-state index is 0.112. The fraction of sp³-hybridized carbons (Fsp3) is 0.133. The van der Waals surface area contributed by atoms with Crippen molar-refractivity contribution < 1.29 is 13.2 Å². The molecule has 0 bridgehead atoms. The van der Waals surface area contributed by atoms with Gasteiger partial charge in [0.1, 0.15) is 12.1 Å². The van der Waals surface area contributed by atoms with E-state index in [4.69, 9.17) is 16.3 Å². The van der Waals surface area contributed by atoms with E-state index >= 15 is 0 Å². The summed E-state index contributed by atoms with van der Waals surface area (Å²) in [6.45, 7) is 0.551. The van der Waals surface area contributed by atoms with Crippen LogP contribution in [0.1, 0.15) is 4.88 Å². The molecule has 2 N–H and O–H groups in total. The molecule has 0 radical (unpaired) electrons. The highest BCUT2D eigenvalue weighted by molar-refractivity contribution is 7.92. The summed E-state index contributed by atoms with van der Waals surface area (Å²) >= 11 is 7.17. The summed E-state index contributed by atoms with van der Waals surface area (Å²) in [5.41, 5.74) is 0.775. The zero-order chi connectivity index (χ0) is 18.6. The average molecular weight is 412 g/mol. The number of halogens is 1. The van der Waals surface area contributed by atoms with Crippen LogP contribution in [0.2, 0.25) is 4.47 Å². The van der Waals surface area contributed by atoms with Crippen LogP contribution in [0.5, 0.6) is 5.88 Å². The molecule has 2 heterocycles. The Labute approximate surface area is 159 Å². The van der Waals surface area contributed by atoms with Gasteiger partial charge < -0.3 is 10.1 Å². The van der Waals surface area contributed by atoms with Gasteiger partial charge in [-0.3, -0.25) is 4.72 Å². The minimum Gasteiger partial charge on any atom is -0.481 e. The number of nitrogens with zero attached hydrogens (tertiary/aromatic N) is 3. The van der Waals surface area contributed by atoms with E-state index in [-0.39, 0.29) is 16.6 Å². The second kappa shape index (κ2) is 7.85. The Kier molecular flexibility index (Phi) is 5.55. The van der Waals surface area contributed by atoms with Crippen LogP contribution in [-0.2, 0) is 16.6 Å². The molecule has 8 nitrogen and oxygen atoms in total. The SMILES string of the molecule is COc1cc(NS(=O)(=O)c2ccc(NCc3cnc(Cl)s3)cc2)ncn1. The summed E-state index contributed by atoms with van der Waals surface area (Å²) in [6, 6.07) is 7.76. The number of benzene rings is 1. The van der Waals surface area contributed by atoms with Crippen LogP contribution in [0.25, 0.3) is 0 Å². The highest BCUT2D eigenvalue weighted by atomic mass is 35.5. The molecule has 0 saturated heterocycles. The number of anilines is 2. The average Bonchev–Trinajstić information content (AvgIpc) is 3.05. The molecule has 0 spiro atoms. The van der Waals surface area contributed by atoms with Crippen molar-refractivity contribution in [3.8, 4) is 5.88 Å². The van der Waals surface area contributed by atoms with Crippen molar-refractivity contribution in [1.82, 2.24) is 15.0 Å². The van der Waals surface area contributed by atoms with E-state index in [2.05, 4.69) is 25.0 Å². The van der Waals surface area contributed by atoms with Gasteiger partial charge in [0.2, 0.25) is 5.88 Å². The van der Waals surface area contributed by atoms with E-state index in [0.29, 0.717) is 11.0 Å². The van der Waals surface area contributed by atoms with Gasteiger partial charge in [0, 0.05) is 22.8 Å². The monoisotopic (exact) mass is 411 g/mol. The second-order valence-electron chi connectivity index (χ2n) is 5.01. The maximum atomic E-state index is 12.4. The molecule has 3 rings (SSSR count). The first-order valence-electron chi connectivity index (χ1n) is 7.29. The van der Waals surface area contributed by atoms with Crippen molar-refractivity contribution in [3.63, 3.8) is 0 Å². The molecule has 26 heavy (non-hydrogen) atoms. The van der Waals surface area contributed by atoms with Gasteiger partial charge in [-0.2, -0.15) is 0 Å². The van der Waals surface area contributed by atoms with E-state index in [1.165, 1.54) is 43.0 Å². The molecule has 0 atom stereocenters. The summed E-state index contributed by atoms with van der Waals surface area (Å²) < 4.78 is 32.7. The molecule has 3 aromatic rings. The van der Waals surface area contributed by atoms with E-state index in [1.807, 2.05) is 0 Å². The molecule has 0 amide bonds. The van der Waals surface area contributed by atoms with Gasteiger partial charge in [-0.25, -0.2) is 23.4 Å². The number of hydrogen-bond donors (Lipinski definition) is 2. The van der Waals surface area contributed by atoms with Gasteiger partial charge in [-0.05, 0) is 24.3 Å². The third kappa shape index (κ3) is 4.59. The standard InChI is InChI=1S/C15H14ClN5O3S2/c1-24-14-6-13(19-9-20-14)21-26(22,23)12-4-2-10(3-5-12)17-7-11-8-18-15(16)25-11/h2-6,8-9,17H,7H2,1H3,(H,19,20,21). The third-order valence-corrected chi connectivity index (χ3v) is 5.73. The molecule has 1 aromatic carbocycles. The van der Waals surface area contributed by atoms with Crippen LogP contribution >= 0.6 is 22.9 Å². The van der Waals surface area contributed by atoms with Crippen LogP contribution in [0.15, 0.2) is 47.8 Å². The normalized spacial score (nSPS) is 11.2. The molecule has 11 heteroatoms. The molecule has 0 fully saturated rings. The number of thiazole rings is 1. The van der Waals surface area contributed by atoms with E-state index < -0.39 is 10.0 Å². The number of nitrogens with one attached hydrogen (secondary N) is 2. The molecule has 0 unspecified atom stereocenters. The summed E-state index contributed by atoms with van der Waals surface area (Å²) in [7, 11) is -2.33. The lowest BCUT2D eigenvalue weighted by Crippen LogP contribution is -2.14. The fourth-order valence-corrected chi connectivity index (χ4v) is 3.93. The Morgan fingerprint density at radius 1 is 1.19 bits per heavy atom. The van der Waals surface area contributed by atoms with Crippen LogP contribution < -0.4 is 14.8 Å². The van der Waals surface area contributed by atoms with Gasteiger partial charge in [-0.1, -0.05) is 11.6 Å². The Morgan fingerprint density at radius 2 is 1.96 bits per heavy atom. The summed E-state index contributed by atoms with van der Waals surface area (Å²) in [4.78, 5) is 12.8. The fourth-order valence-electron chi connectivity index (χ4n) is 2.01. The first-order chi connectivity index (χ1) is 12.5. The molecular weight excluding hydrogens is 398 g/mol. The van der Waals surface area contributed by atoms with E-state index in [1.54, 1.807) is 18.3 Å². The number of hydrogen-bond acceptors (Lipinski definition) is 8. The third-order valence-electron chi connectivity index (χ3n) is 3.25. The number of sulfonamides is 1. The zero-order valence-corrected chi connectivity index (χ0v) is 15.9. The van der Waals surface area contributed by atoms with Crippen molar-refractivity contribution >= 4 is 44.5 Å². The van der Waals surface area contributed by atoms with Gasteiger partial charge in [0.05, 0.1) is 18.6 Å². The van der Waals surface area contributed by atoms with Crippen molar-refractivity contribution in [2.45, 2.75) is 11.4 Å². The topological polar surface area (TPSA) is 106 Å². The van der Waals surface area contributed by atoms with Gasteiger partial charge in [0.25, 0.3) is 10.0 Å². The van der Waals surface area contributed by atoms with Gasteiger partial charge >= 0.3 is 0 Å². The molecular formula is C15H14ClN5O3S2. The van der Waals surface area contributed by atoms with Gasteiger partial charge in [0.15, 0.2) is 4.47 Å². The lowest BCUT2D eigenvalue weighted by molar-refractivity contribution is 0.397. The van der Waals surface area contributed by atoms with Crippen molar-refractivity contribution in [2.24, 2.45) is 0 Å². The van der Waals surface area contributed by atoms with Crippen molar-refractivity contribution in [1.29, 1.82) is 0 Å². The summed E-state index contributed by atoms with van der Waals surface area (Å²) in [5, 5.41) is 3.18. The van der Waals surface area contributed by atoms with Crippen molar-refractivity contribution in [3.05, 3.63) is 52.2 Å². The predicted molar refractivity (Wildman–Crippen MR) is 100 cm³/mol. The Hall–Kier alpha value is -2.43. The quantitative estimate of drug-likeness (QED) is 0.615. The Morgan fingerprint density at radius 3 is 2.62 bits per heavy atom. The van der Waals surface area contributed by atoms with E-state index in [0.717, 1.165) is 10.6 Å². The maximum Gasteiger partial charge on any atom is 0.263 e. The van der Waals surface area contributed by atoms with Gasteiger partial charge in [-0.15, -0.1) is 11.3 Å². The van der Waals surface area contributed by atoms with Crippen LogP contribution in [0, 0.1) is 0 Å². The first-order valence-corrected chi connectivity index (χ1v) is 9.97. The number of aromatic nitrogens is 3. The minimum atomic E-state index is -3.77. The highest BCUT2D eigenvalue weighted by Gasteiger charge is 2.15. The smallest absolute Gasteiger partial charge is 0.263 e. The maximum absolute atomic E-state index is 12.4. The Balaban J connectivity index is 1.68. The summed E-state index contributed by atoms with van der Waals surface area (Å²) in [5.74, 6) is 0.390. The molecule has 2 aromatic heterocycles. The lowest BCUT2D eigenvalue weighted by atomic mass is 10.3. The molecule has 0 aliphatic rings. The molecule has 0 aliphatic carbocycles.